The largest absolute Gasteiger partial charge is 0.414 e. The van der Waals surface area contributed by atoms with Crippen LogP contribution in [0.15, 0.2) is 5.16 Å². The van der Waals surface area contributed by atoms with Gasteiger partial charge in [0.2, 0.25) is 0 Å². The molecule has 0 saturated heterocycles. The molecule has 0 saturated carbocycles. The molecule has 0 aliphatic carbocycles. The molecule has 0 spiro atoms. The van der Waals surface area contributed by atoms with Gasteiger partial charge in [-0.2, -0.15) is 13.2 Å². The average molecular weight is 228 g/mol. The molecule has 0 aromatic carbocycles. The highest BCUT2D eigenvalue weighted by Gasteiger charge is 2.36. The summed E-state index contributed by atoms with van der Waals surface area (Å²) in [5.41, 5.74) is 5.16. The van der Waals surface area contributed by atoms with Crippen LogP contribution in [-0.4, -0.2) is 29.9 Å². The maximum absolute atomic E-state index is 11.9. The SMILES string of the molecule is CC(OCCCCC(N)=NO)C(F)(F)F. The van der Waals surface area contributed by atoms with Gasteiger partial charge in [-0.3, -0.25) is 0 Å². The quantitative estimate of drug-likeness (QED) is 0.240. The summed E-state index contributed by atoms with van der Waals surface area (Å²) in [6.45, 7) is 0.975. The van der Waals surface area contributed by atoms with Gasteiger partial charge in [0.05, 0.1) is 0 Å². The lowest BCUT2D eigenvalue weighted by molar-refractivity contribution is -0.214. The van der Waals surface area contributed by atoms with Gasteiger partial charge in [-0.15, -0.1) is 0 Å². The zero-order valence-corrected chi connectivity index (χ0v) is 8.42. The number of rotatable bonds is 6. The van der Waals surface area contributed by atoms with E-state index in [0.717, 1.165) is 6.92 Å². The Labute approximate surface area is 85.9 Å². The normalized spacial score (nSPS) is 15.3. The zero-order chi connectivity index (χ0) is 11.9. The molecule has 0 aromatic rings. The van der Waals surface area contributed by atoms with Crippen molar-refractivity contribution in [3.63, 3.8) is 0 Å². The number of nitrogens with two attached hydrogens (primary N) is 1. The summed E-state index contributed by atoms with van der Waals surface area (Å²) < 4.78 is 40.4. The number of unbranched alkanes of at least 4 members (excludes halogenated alkanes) is 1. The van der Waals surface area contributed by atoms with Crippen molar-refractivity contribution in [3.05, 3.63) is 0 Å². The lowest BCUT2D eigenvalue weighted by Gasteiger charge is -2.15. The molecule has 0 radical (unpaired) electrons. The fourth-order valence-electron chi connectivity index (χ4n) is 0.813. The molecule has 0 amide bonds. The van der Waals surface area contributed by atoms with Gasteiger partial charge in [-0.1, -0.05) is 5.16 Å². The van der Waals surface area contributed by atoms with Crippen LogP contribution < -0.4 is 5.73 Å². The summed E-state index contributed by atoms with van der Waals surface area (Å²) in [5.74, 6) is 0.0684. The minimum absolute atomic E-state index is 0.0133. The van der Waals surface area contributed by atoms with Crippen molar-refractivity contribution in [1.29, 1.82) is 0 Å². The Morgan fingerprint density at radius 3 is 2.53 bits per heavy atom. The Morgan fingerprint density at radius 1 is 1.47 bits per heavy atom. The highest BCUT2D eigenvalue weighted by atomic mass is 19.4. The van der Waals surface area contributed by atoms with Gasteiger partial charge in [0.1, 0.15) is 5.84 Å². The van der Waals surface area contributed by atoms with Crippen molar-refractivity contribution in [1.82, 2.24) is 0 Å². The molecule has 90 valence electrons. The van der Waals surface area contributed by atoms with E-state index in [2.05, 4.69) is 9.89 Å². The Kier molecular flexibility index (Phi) is 6.07. The summed E-state index contributed by atoms with van der Waals surface area (Å²) in [5, 5.41) is 10.9. The van der Waals surface area contributed by atoms with Crippen molar-refractivity contribution in [2.24, 2.45) is 10.9 Å². The third-order valence-electron chi connectivity index (χ3n) is 1.78. The lowest BCUT2D eigenvalue weighted by Crippen LogP contribution is -2.28. The molecule has 0 fully saturated rings. The Morgan fingerprint density at radius 2 is 2.07 bits per heavy atom. The van der Waals surface area contributed by atoms with E-state index in [-0.39, 0.29) is 12.4 Å². The number of oxime groups is 1. The van der Waals surface area contributed by atoms with Crippen LogP contribution in [0.5, 0.6) is 0 Å². The van der Waals surface area contributed by atoms with Crippen molar-refractivity contribution < 1.29 is 23.1 Å². The predicted molar refractivity (Wildman–Crippen MR) is 48.7 cm³/mol. The number of halogens is 3. The number of nitrogens with zero attached hydrogens (tertiary/aromatic N) is 1. The number of ether oxygens (including phenoxy) is 1. The molecule has 0 aromatic heterocycles. The first-order valence-electron chi connectivity index (χ1n) is 4.52. The average Bonchev–Trinajstić information content (AvgIpc) is 2.15. The minimum atomic E-state index is -4.31. The molecule has 3 N–H and O–H groups in total. The second-order valence-corrected chi connectivity index (χ2v) is 3.10. The van der Waals surface area contributed by atoms with E-state index >= 15 is 0 Å². The van der Waals surface area contributed by atoms with Crippen molar-refractivity contribution in [2.45, 2.75) is 38.5 Å². The van der Waals surface area contributed by atoms with Gasteiger partial charge < -0.3 is 15.7 Å². The van der Waals surface area contributed by atoms with Crippen LogP contribution in [0.1, 0.15) is 26.2 Å². The molecule has 0 rings (SSSR count). The van der Waals surface area contributed by atoms with E-state index < -0.39 is 12.3 Å². The maximum Gasteiger partial charge on any atom is 0.414 e. The highest BCUT2D eigenvalue weighted by molar-refractivity contribution is 5.79. The summed E-state index contributed by atoms with van der Waals surface area (Å²) in [4.78, 5) is 0. The van der Waals surface area contributed by atoms with Crippen LogP contribution in [0.25, 0.3) is 0 Å². The number of hydrogen-bond donors (Lipinski definition) is 2. The summed E-state index contributed by atoms with van der Waals surface area (Å²) >= 11 is 0. The number of hydrogen-bond acceptors (Lipinski definition) is 3. The van der Waals surface area contributed by atoms with E-state index in [1.807, 2.05) is 0 Å². The lowest BCUT2D eigenvalue weighted by atomic mass is 10.2. The van der Waals surface area contributed by atoms with E-state index in [9.17, 15) is 13.2 Å². The maximum atomic E-state index is 11.9. The summed E-state index contributed by atoms with van der Waals surface area (Å²) in [6.07, 6.45) is -4.75. The minimum Gasteiger partial charge on any atom is -0.409 e. The van der Waals surface area contributed by atoms with Gasteiger partial charge in [0, 0.05) is 13.0 Å². The Bertz CT molecular complexity index is 207. The molecular weight excluding hydrogens is 213 g/mol. The third-order valence-corrected chi connectivity index (χ3v) is 1.78. The molecule has 0 bridgehead atoms. The summed E-state index contributed by atoms with van der Waals surface area (Å²) in [6, 6.07) is 0. The zero-order valence-electron chi connectivity index (χ0n) is 8.42. The fourth-order valence-corrected chi connectivity index (χ4v) is 0.813. The van der Waals surface area contributed by atoms with Gasteiger partial charge in [-0.05, 0) is 19.8 Å². The van der Waals surface area contributed by atoms with Crippen LogP contribution in [0.4, 0.5) is 13.2 Å². The standard InChI is InChI=1S/C8H15F3N2O2/c1-6(8(9,10)11)15-5-3-2-4-7(12)13-14/h6,14H,2-5H2,1H3,(H2,12,13). The van der Waals surface area contributed by atoms with Crippen molar-refractivity contribution in [3.8, 4) is 0 Å². The van der Waals surface area contributed by atoms with Gasteiger partial charge in [0.25, 0.3) is 0 Å². The Hall–Kier alpha value is -0.980. The molecule has 4 nitrogen and oxygen atoms in total. The van der Waals surface area contributed by atoms with E-state index in [1.54, 1.807) is 0 Å². The van der Waals surface area contributed by atoms with Crippen LogP contribution in [0.2, 0.25) is 0 Å². The van der Waals surface area contributed by atoms with Crippen molar-refractivity contribution in [2.75, 3.05) is 6.61 Å². The molecule has 0 aliphatic heterocycles. The topological polar surface area (TPSA) is 67.8 Å². The number of alkyl halides is 3. The first-order valence-corrected chi connectivity index (χ1v) is 4.52. The van der Waals surface area contributed by atoms with Crippen molar-refractivity contribution >= 4 is 5.84 Å². The second-order valence-electron chi connectivity index (χ2n) is 3.10. The predicted octanol–water partition coefficient (Wildman–Crippen LogP) is 1.87. The molecule has 0 heterocycles. The van der Waals surface area contributed by atoms with E-state index in [0.29, 0.717) is 19.3 Å². The van der Waals surface area contributed by atoms with E-state index in [4.69, 9.17) is 10.9 Å². The Balaban J connectivity index is 3.47. The summed E-state index contributed by atoms with van der Waals surface area (Å²) in [7, 11) is 0. The highest BCUT2D eigenvalue weighted by Crippen LogP contribution is 2.22. The molecule has 0 aliphatic rings. The molecule has 7 heteroatoms. The van der Waals surface area contributed by atoms with Crippen LogP contribution in [0, 0.1) is 0 Å². The molecule has 1 unspecified atom stereocenters. The number of amidine groups is 1. The smallest absolute Gasteiger partial charge is 0.409 e. The second kappa shape index (κ2) is 6.49. The third kappa shape index (κ3) is 7.01. The monoisotopic (exact) mass is 228 g/mol. The van der Waals surface area contributed by atoms with Crippen LogP contribution >= 0.6 is 0 Å². The van der Waals surface area contributed by atoms with Gasteiger partial charge >= 0.3 is 6.18 Å². The van der Waals surface area contributed by atoms with Crippen LogP contribution in [0.3, 0.4) is 0 Å². The first kappa shape index (κ1) is 14.0. The van der Waals surface area contributed by atoms with Gasteiger partial charge in [-0.25, -0.2) is 0 Å². The van der Waals surface area contributed by atoms with Gasteiger partial charge in [0.15, 0.2) is 6.10 Å². The van der Waals surface area contributed by atoms with Crippen LogP contribution in [-0.2, 0) is 4.74 Å². The fraction of sp³-hybridized carbons (Fsp3) is 0.875. The molecule has 1 atom stereocenters. The van der Waals surface area contributed by atoms with E-state index in [1.165, 1.54) is 0 Å². The molecule has 15 heavy (non-hydrogen) atoms. The molecular formula is C8H15F3N2O2. The first-order chi connectivity index (χ1) is 6.88.